The molecule has 0 saturated heterocycles. The van der Waals surface area contributed by atoms with Gasteiger partial charge in [0.25, 0.3) is 0 Å². The minimum absolute atomic E-state index is 0. The molecule has 0 aliphatic carbocycles. The summed E-state index contributed by atoms with van der Waals surface area (Å²) in [5, 5.41) is 0. The van der Waals surface area contributed by atoms with Crippen LogP contribution in [0.3, 0.4) is 0 Å². The number of halogens is 1. The molecular weight excluding hydrogens is 94.5 g/mol. The van der Waals surface area contributed by atoms with Crippen LogP contribution in [-0.4, -0.2) is 0 Å². The predicted molar refractivity (Wildman–Crippen MR) is 15.6 cm³/mol. The van der Waals surface area contributed by atoms with Crippen LogP contribution in [0, 0.1) is 6.92 Å². The first-order valence-corrected chi connectivity index (χ1v) is 1.21. The smallest absolute Gasteiger partial charge is 1.00 e. The fraction of sp³-hybridized carbons (Fsp3) is 0.667. The number of hydrogen-bond donors (Lipinski definition) is 0. The van der Waals surface area contributed by atoms with Crippen molar-refractivity contribution in [3.05, 3.63) is 6.92 Å². The van der Waals surface area contributed by atoms with Gasteiger partial charge in [-0.05, 0) is 0 Å². The van der Waals surface area contributed by atoms with Gasteiger partial charge < -0.3 is 12.4 Å². The quantitative estimate of drug-likeness (QED) is 0.269. The Bertz CT molecular complexity index is 6.85. The second-order valence-corrected chi connectivity index (χ2v) is 0.500. The molecule has 0 nitrogen and oxygen atoms in total. The first-order valence-electron chi connectivity index (χ1n) is 1.21. The van der Waals surface area contributed by atoms with E-state index >= 15 is 0 Å². The molecule has 0 saturated carbocycles. The van der Waals surface area contributed by atoms with Crippen molar-refractivity contribution in [3.8, 4) is 0 Å². The summed E-state index contributed by atoms with van der Waals surface area (Å²) in [7, 11) is 0. The van der Waals surface area contributed by atoms with Crippen LogP contribution in [0.1, 0.15) is 13.3 Å². The molecule has 0 aromatic carbocycles. The van der Waals surface area contributed by atoms with Crippen LogP contribution in [-0.2, 0) is 0 Å². The van der Waals surface area contributed by atoms with Gasteiger partial charge in [-0.2, -0.15) is 0 Å². The molecule has 0 N–H and O–H groups in total. The first kappa shape index (κ1) is 16.3. The average molecular weight is 102 g/mol. The van der Waals surface area contributed by atoms with Gasteiger partial charge in [0.1, 0.15) is 0 Å². The molecular formula is C3H7ClNa. The van der Waals surface area contributed by atoms with Crippen molar-refractivity contribution in [2.45, 2.75) is 13.3 Å². The molecule has 0 rings (SSSR count). The van der Waals surface area contributed by atoms with Crippen molar-refractivity contribution < 1.29 is 42.0 Å². The molecule has 0 heterocycles. The van der Waals surface area contributed by atoms with Crippen LogP contribution in [0.25, 0.3) is 0 Å². The van der Waals surface area contributed by atoms with E-state index in [1.807, 2.05) is 6.92 Å². The third-order valence-corrected chi connectivity index (χ3v) is 0. The van der Waals surface area contributed by atoms with E-state index in [4.69, 9.17) is 0 Å². The molecule has 0 unspecified atom stereocenters. The maximum Gasteiger partial charge on any atom is 1.00 e. The zero-order valence-electron chi connectivity index (χ0n) is 3.79. The van der Waals surface area contributed by atoms with Crippen LogP contribution in [0.4, 0.5) is 0 Å². The molecule has 0 amide bonds. The van der Waals surface area contributed by atoms with Gasteiger partial charge in [0.15, 0.2) is 0 Å². The summed E-state index contributed by atoms with van der Waals surface area (Å²) in [5.41, 5.74) is 0. The maximum atomic E-state index is 3.49. The second-order valence-electron chi connectivity index (χ2n) is 0.500. The van der Waals surface area contributed by atoms with Crippen molar-refractivity contribution in [1.82, 2.24) is 0 Å². The van der Waals surface area contributed by atoms with E-state index in [1.54, 1.807) is 0 Å². The molecule has 0 aromatic heterocycles. The summed E-state index contributed by atoms with van der Waals surface area (Å²) in [4.78, 5) is 0. The van der Waals surface area contributed by atoms with E-state index in [9.17, 15) is 0 Å². The van der Waals surface area contributed by atoms with Crippen molar-refractivity contribution in [2.24, 2.45) is 0 Å². The van der Waals surface area contributed by atoms with Crippen molar-refractivity contribution in [2.75, 3.05) is 0 Å². The van der Waals surface area contributed by atoms with Crippen LogP contribution in [0.5, 0.6) is 0 Å². The molecule has 2 heteroatoms. The van der Waals surface area contributed by atoms with Gasteiger partial charge in [-0.15, -0.1) is 0 Å². The molecule has 0 fully saturated rings. The molecule has 0 bridgehead atoms. The van der Waals surface area contributed by atoms with Gasteiger partial charge >= 0.3 is 29.6 Å². The van der Waals surface area contributed by atoms with Crippen LogP contribution < -0.4 is 42.0 Å². The Hall–Kier alpha value is 1.29. The van der Waals surface area contributed by atoms with Crippen molar-refractivity contribution >= 4 is 0 Å². The van der Waals surface area contributed by atoms with E-state index in [0.717, 1.165) is 6.42 Å². The summed E-state index contributed by atoms with van der Waals surface area (Å²) < 4.78 is 0. The van der Waals surface area contributed by atoms with E-state index in [2.05, 4.69) is 6.92 Å². The zero-order chi connectivity index (χ0) is 2.71. The molecule has 0 spiro atoms. The molecule has 0 aromatic rings. The van der Waals surface area contributed by atoms with Gasteiger partial charge in [0, 0.05) is 0 Å². The summed E-state index contributed by atoms with van der Waals surface area (Å²) in [6, 6.07) is 0. The predicted octanol–water partition coefficient (Wildman–Crippen LogP) is -4.76. The fourth-order valence-electron chi connectivity index (χ4n) is 0. The largest absolute Gasteiger partial charge is 1.00 e. The Morgan fingerprint density at radius 2 is 1.60 bits per heavy atom. The fourth-order valence-corrected chi connectivity index (χ4v) is 0. The third kappa shape index (κ3) is 34.4. The molecule has 27 valence electrons. The van der Waals surface area contributed by atoms with E-state index < -0.39 is 0 Å². The minimum Gasteiger partial charge on any atom is -1.00 e. The average Bonchev–Trinajstić information content (AvgIpc) is 0.918. The number of rotatable bonds is 0. The Morgan fingerprint density at radius 1 is 1.60 bits per heavy atom. The van der Waals surface area contributed by atoms with E-state index in [1.165, 1.54) is 0 Å². The Kier molecular flexibility index (Phi) is 60.4. The van der Waals surface area contributed by atoms with Gasteiger partial charge in [0.05, 0.1) is 0 Å². The molecule has 0 aliphatic rings. The zero-order valence-corrected chi connectivity index (χ0v) is 6.55. The molecule has 1 radical (unpaired) electrons. The monoisotopic (exact) mass is 101 g/mol. The maximum absolute atomic E-state index is 3.49. The van der Waals surface area contributed by atoms with E-state index in [0.29, 0.717) is 0 Å². The topological polar surface area (TPSA) is 0 Å². The Balaban J connectivity index is -0.0000000200. The minimum atomic E-state index is 0. The van der Waals surface area contributed by atoms with Crippen molar-refractivity contribution in [1.29, 1.82) is 0 Å². The first-order chi connectivity index (χ1) is 1.41. The van der Waals surface area contributed by atoms with Crippen LogP contribution in [0.15, 0.2) is 0 Å². The molecule has 5 heavy (non-hydrogen) atoms. The van der Waals surface area contributed by atoms with Gasteiger partial charge in [-0.3, -0.25) is 0 Å². The third-order valence-electron chi connectivity index (χ3n) is 0. The molecule has 0 aliphatic heterocycles. The summed E-state index contributed by atoms with van der Waals surface area (Å²) in [6.45, 7) is 5.50. The van der Waals surface area contributed by atoms with Gasteiger partial charge in [-0.1, -0.05) is 20.3 Å². The summed E-state index contributed by atoms with van der Waals surface area (Å²) >= 11 is 0. The SMILES string of the molecule is [CH2]CC.[Cl-].[Na+]. The normalized spacial score (nSPS) is 3.60. The standard InChI is InChI=1S/C3H7.ClH.Na/c1-3-2;;/h1,3H2,2H3;1H;/q;;+1/p-1. The van der Waals surface area contributed by atoms with Crippen LogP contribution in [0.2, 0.25) is 0 Å². The van der Waals surface area contributed by atoms with Gasteiger partial charge in [0.2, 0.25) is 0 Å². The number of hydrogen-bond acceptors (Lipinski definition) is 0. The molecule has 0 atom stereocenters. The Morgan fingerprint density at radius 3 is 1.60 bits per heavy atom. The summed E-state index contributed by atoms with van der Waals surface area (Å²) in [6.07, 6.45) is 1.00. The Labute approximate surface area is 62.0 Å². The summed E-state index contributed by atoms with van der Waals surface area (Å²) in [5.74, 6) is 0. The second kappa shape index (κ2) is 18.6. The van der Waals surface area contributed by atoms with Crippen molar-refractivity contribution in [3.63, 3.8) is 0 Å². The van der Waals surface area contributed by atoms with Crippen LogP contribution >= 0.6 is 0 Å². The van der Waals surface area contributed by atoms with Gasteiger partial charge in [-0.25, -0.2) is 0 Å². The van der Waals surface area contributed by atoms with E-state index in [-0.39, 0.29) is 42.0 Å².